The molecule has 0 radical (unpaired) electrons. The Kier molecular flexibility index (Phi) is 5.95. The lowest BCUT2D eigenvalue weighted by atomic mass is 9.93. The van der Waals surface area contributed by atoms with Crippen LogP contribution in [0.25, 0.3) is 16.0 Å². The van der Waals surface area contributed by atoms with E-state index in [-0.39, 0.29) is 11.3 Å². The molecule has 170 valence electrons. The molecule has 8 heteroatoms. The lowest BCUT2D eigenvalue weighted by Gasteiger charge is -2.23. The number of ketones is 1. The first-order valence-corrected chi connectivity index (χ1v) is 12.7. The number of hydrogen-bond acceptors (Lipinski definition) is 5. The Balaban J connectivity index is 1.76. The fraction of sp³-hybridized carbons (Fsp3) is 0.115. The van der Waals surface area contributed by atoms with E-state index in [4.69, 9.17) is 11.6 Å². The molecule has 1 saturated heterocycles. The first kappa shape index (κ1) is 23.0. The van der Waals surface area contributed by atoms with Gasteiger partial charge in [0.05, 0.1) is 21.8 Å². The first-order chi connectivity index (χ1) is 16.2. The SMILES string of the molecule is Cc1ccc(C)c(C(O)=C2C(=O)C(=O)N(c3nc4ccc(Cl)cc4s3)C2c2ccc(I)cc2)c1. The highest BCUT2D eigenvalue weighted by molar-refractivity contribution is 14.1. The van der Waals surface area contributed by atoms with E-state index in [1.54, 1.807) is 18.2 Å². The Labute approximate surface area is 218 Å². The van der Waals surface area contributed by atoms with Crippen molar-refractivity contribution in [3.63, 3.8) is 0 Å². The van der Waals surface area contributed by atoms with Gasteiger partial charge in [-0.2, -0.15) is 0 Å². The number of nitrogens with zero attached hydrogens (tertiary/aromatic N) is 2. The number of thiazole rings is 1. The number of hydrogen-bond donors (Lipinski definition) is 1. The fourth-order valence-corrected chi connectivity index (χ4v) is 5.74. The van der Waals surface area contributed by atoms with E-state index in [9.17, 15) is 14.7 Å². The molecule has 1 unspecified atom stereocenters. The molecule has 1 aliphatic rings. The van der Waals surface area contributed by atoms with Gasteiger partial charge in [-0.05, 0) is 84.0 Å². The highest BCUT2D eigenvalue weighted by Crippen LogP contribution is 2.44. The molecule has 0 spiro atoms. The molecule has 0 aliphatic carbocycles. The number of rotatable bonds is 3. The molecule has 3 aromatic carbocycles. The molecule has 0 saturated carbocycles. The number of carbonyl (C=O) groups excluding carboxylic acids is 2. The minimum absolute atomic E-state index is 0.0530. The van der Waals surface area contributed by atoms with Crippen LogP contribution in [0.5, 0.6) is 0 Å². The molecular weight excluding hydrogens is 583 g/mol. The van der Waals surface area contributed by atoms with Gasteiger partial charge in [0, 0.05) is 14.2 Å². The molecule has 2 heterocycles. The molecule has 1 fully saturated rings. The van der Waals surface area contributed by atoms with Crippen LogP contribution in [0.15, 0.2) is 66.2 Å². The number of aromatic nitrogens is 1. The summed E-state index contributed by atoms with van der Waals surface area (Å²) < 4.78 is 1.82. The standard InChI is InChI=1S/C26H18ClIN2O3S/c1-13-3-4-14(2)18(11-13)23(31)21-22(15-5-8-17(28)9-6-15)30(25(33)24(21)32)26-29-19-10-7-16(27)12-20(19)34-26/h3-12,22,31H,1-2H3. The van der Waals surface area contributed by atoms with Crippen LogP contribution in [-0.4, -0.2) is 21.8 Å². The van der Waals surface area contributed by atoms with Crippen molar-refractivity contribution in [2.75, 3.05) is 4.90 Å². The van der Waals surface area contributed by atoms with Crippen LogP contribution in [0.1, 0.15) is 28.3 Å². The van der Waals surface area contributed by atoms with Crippen molar-refractivity contribution < 1.29 is 14.7 Å². The summed E-state index contributed by atoms with van der Waals surface area (Å²) in [6, 6.07) is 17.7. The highest BCUT2D eigenvalue weighted by Gasteiger charge is 2.48. The number of aryl methyl sites for hydroxylation is 2. The van der Waals surface area contributed by atoms with Gasteiger partial charge in [0.15, 0.2) is 5.13 Å². The number of fused-ring (bicyclic) bond motifs is 1. The number of benzene rings is 3. The van der Waals surface area contributed by atoms with Crippen LogP contribution in [-0.2, 0) is 9.59 Å². The lowest BCUT2D eigenvalue weighted by molar-refractivity contribution is -0.132. The second kappa shape index (κ2) is 8.79. The third-order valence-electron chi connectivity index (χ3n) is 5.82. The topological polar surface area (TPSA) is 70.5 Å². The summed E-state index contributed by atoms with van der Waals surface area (Å²) in [6.45, 7) is 3.78. The predicted octanol–water partition coefficient (Wildman–Crippen LogP) is 6.80. The summed E-state index contributed by atoms with van der Waals surface area (Å²) in [5, 5.41) is 12.3. The first-order valence-electron chi connectivity index (χ1n) is 10.4. The molecule has 4 aromatic rings. The number of aliphatic hydroxyl groups excluding tert-OH is 1. The van der Waals surface area contributed by atoms with E-state index < -0.39 is 17.7 Å². The van der Waals surface area contributed by atoms with Crippen molar-refractivity contribution in [1.82, 2.24) is 4.98 Å². The van der Waals surface area contributed by atoms with Crippen LogP contribution in [0.2, 0.25) is 5.02 Å². The van der Waals surface area contributed by atoms with Crippen molar-refractivity contribution in [2.45, 2.75) is 19.9 Å². The van der Waals surface area contributed by atoms with Gasteiger partial charge in [-0.1, -0.05) is 52.8 Å². The second-order valence-electron chi connectivity index (χ2n) is 8.15. The van der Waals surface area contributed by atoms with Crippen molar-refractivity contribution >= 4 is 78.3 Å². The van der Waals surface area contributed by atoms with Gasteiger partial charge < -0.3 is 5.11 Å². The van der Waals surface area contributed by atoms with E-state index in [1.165, 1.54) is 16.2 Å². The van der Waals surface area contributed by atoms with Crippen LogP contribution in [0.3, 0.4) is 0 Å². The number of Topliss-reactive ketones (excluding diaryl/α,β-unsaturated/α-hetero) is 1. The number of aliphatic hydroxyl groups is 1. The number of carbonyl (C=O) groups is 2. The zero-order valence-corrected chi connectivity index (χ0v) is 21.9. The summed E-state index contributed by atoms with van der Waals surface area (Å²) >= 11 is 9.63. The van der Waals surface area contributed by atoms with Gasteiger partial charge in [0.2, 0.25) is 0 Å². The smallest absolute Gasteiger partial charge is 0.301 e. The summed E-state index contributed by atoms with van der Waals surface area (Å²) in [5.74, 6) is -1.64. The maximum Gasteiger partial charge on any atom is 0.301 e. The van der Waals surface area contributed by atoms with Gasteiger partial charge >= 0.3 is 5.91 Å². The quantitative estimate of drug-likeness (QED) is 0.122. The molecule has 1 atom stereocenters. The number of amides is 1. The minimum Gasteiger partial charge on any atom is -0.507 e. The Hall–Kier alpha value is -2.75. The average Bonchev–Trinajstić information content (AvgIpc) is 3.33. The van der Waals surface area contributed by atoms with Crippen molar-refractivity contribution in [3.05, 3.63) is 97.1 Å². The molecule has 1 aliphatic heterocycles. The van der Waals surface area contributed by atoms with Crippen molar-refractivity contribution in [3.8, 4) is 0 Å². The molecule has 5 nitrogen and oxygen atoms in total. The molecule has 1 aromatic heterocycles. The van der Waals surface area contributed by atoms with Gasteiger partial charge in [-0.3, -0.25) is 14.5 Å². The van der Waals surface area contributed by atoms with Crippen LogP contribution in [0.4, 0.5) is 5.13 Å². The largest absolute Gasteiger partial charge is 0.507 e. The molecule has 1 N–H and O–H groups in total. The zero-order valence-electron chi connectivity index (χ0n) is 18.2. The lowest BCUT2D eigenvalue weighted by Crippen LogP contribution is -2.29. The Morgan fingerprint density at radius 2 is 1.79 bits per heavy atom. The van der Waals surface area contributed by atoms with E-state index in [0.29, 0.717) is 26.8 Å². The number of halogens is 2. The zero-order chi connectivity index (χ0) is 24.1. The minimum atomic E-state index is -0.812. The summed E-state index contributed by atoms with van der Waals surface area (Å²) in [6.07, 6.45) is 0. The summed E-state index contributed by atoms with van der Waals surface area (Å²) in [5.41, 5.74) is 3.73. The molecule has 34 heavy (non-hydrogen) atoms. The van der Waals surface area contributed by atoms with E-state index >= 15 is 0 Å². The maximum absolute atomic E-state index is 13.4. The molecule has 1 amide bonds. The molecule has 0 bridgehead atoms. The maximum atomic E-state index is 13.4. The van der Waals surface area contributed by atoms with Crippen molar-refractivity contribution in [1.29, 1.82) is 0 Å². The average molecular weight is 601 g/mol. The van der Waals surface area contributed by atoms with Gasteiger partial charge in [-0.25, -0.2) is 4.98 Å². The monoisotopic (exact) mass is 600 g/mol. The molecular formula is C26H18ClIN2O3S. The molecule has 5 rings (SSSR count). The predicted molar refractivity (Wildman–Crippen MR) is 144 cm³/mol. The fourth-order valence-electron chi connectivity index (χ4n) is 4.12. The van der Waals surface area contributed by atoms with E-state index in [0.717, 1.165) is 19.4 Å². The summed E-state index contributed by atoms with van der Waals surface area (Å²) in [7, 11) is 0. The number of anilines is 1. The highest BCUT2D eigenvalue weighted by atomic mass is 127. The van der Waals surface area contributed by atoms with Crippen LogP contribution < -0.4 is 4.90 Å². The summed E-state index contributed by atoms with van der Waals surface area (Å²) in [4.78, 5) is 32.7. The third-order valence-corrected chi connectivity index (χ3v) is 7.80. The van der Waals surface area contributed by atoms with Gasteiger partial charge in [0.25, 0.3) is 5.78 Å². The van der Waals surface area contributed by atoms with Gasteiger partial charge in [-0.15, -0.1) is 0 Å². The van der Waals surface area contributed by atoms with Gasteiger partial charge in [0.1, 0.15) is 5.76 Å². The van der Waals surface area contributed by atoms with E-state index in [1.807, 2.05) is 56.3 Å². The Morgan fingerprint density at radius 1 is 1.06 bits per heavy atom. The third kappa shape index (κ3) is 3.91. The van der Waals surface area contributed by atoms with E-state index in [2.05, 4.69) is 27.6 Å². The Bertz CT molecular complexity index is 1510. The van der Waals surface area contributed by atoms with Crippen molar-refractivity contribution in [2.24, 2.45) is 0 Å². The van der Waals surface area contributed by atoms with Crippen LogP contribution in [0, 0.1) is 17.4 Å². The second-order valence-corrected chi connectivity index (χ2v) is 10.8. The normalized spacial score (nSPS) is 17.6. The van der Waals surface area contributed by atoms with Crippen LogP contribution >= 0.6 is 45.5 Å². The Morgan fingerprint density at radius 3 is 2.53 bits per heavy atom.